The Balaban J connectivity index is 2.23. The molecule has 1 fully saturated rings. The normalized spacial score (nSPS) is 16.8. The maximum atomic E-state index is 12.7. The number of hydrogen-bond donors (Lipinski definition) is 1. The van der Waals surface area contributed by atoms with E-state index in [-0.39, 0.29) is 21.2 Å². The van der Waals surface area contributed by atoms with E-state index < -0.39 is 10.0 Å². The number of carbonyl (C=O) groups is 1. The van der Waals surface area contributed by atoms with Gasteiger partial charge in [-0.1, -0.05) is 32.4 Å². The monoisotopic (exact) mass is 374 g/mol. The van der Waals surface area contributed by atoms with Crippen LogP contribution in [-0.2, 0) is 19.6 Å². The van der Waals surface area contributed by atoms with E-state index in [9.17, 15) is 13.2 Å². The quantitative estimate of drug-likeness (QED) is 0.879. The molecular formula is C16H23ClN2O4S. The fourth-order valence-corrected chi connectivity index (χ4v) is 4.30. The van der Waals surface area contributed by atoms with Crippen LogP contribution in [-0.4, -0.2) is 44.9 Å². The van der Waals surface area contributed by atoms with E-state index in [1.165, 1.54) is 16.4 Å². The summed E-state index contributed by atoms with van der Waals surface area (Å²) >= 11 is 6.09. The van der Waals surface area contributed by atoms with Crippen LogP contribution in [0, 0.1) is 5.41 Å². The topological polar surface area (TPSA) is 75.7 Å². The zero-order valence-electron chi connectivity index (χ0n) is 14.1. The number of amides is 1. The maximum absolute atomic E-state index is 12.7. The third-order valence-corrected chi connectivity index (χ3v) is 5.87. The zero-order valence-corrected chi connectivity index (χ0v) is 15.7. The van der Waals surface area contributed by atoms with E-state index in [4.69, 9.17) is 16.3 Å². The summed E-state index contributed by atoms with van der Waals surface area (Å²) in [5.74, 6) is -0.167. The van der Waals surface area contributed by atoms with E-state index in [1.54, 1.807) is 6.07 Å². The number of nitrogens with zero attached hydrogens (tertiary/aromatic N) is 1. The largest absolute Gasteiger partial charge is 0.379 e. The van der Waals surface area contributed by atoms with Gasteiger partial charge in [0.05, 0.1) is 18.2 Å². The number of hydrogen-bond acceptors (Lipinski definition) is 4. The van der Waals surface area contributed by atoms with Gasteiger partial charge in [-0.25, -0.2) is 8.42 Å². The number of ether oxygens (including phenoxy) is 1. The first kappa shape index (κ1) is 19.2. The van der Waals surface area contributed by atoms with E-state index >= 15 is 0 Å². The summed E-state index contributed by atoms with van der Waals surface area (Å²) in [5, 5.41) is 2.87. The van der Waals surface area contributed by atoms with Crippen LogP contribution in [0.2, 0.25) is 5.02 Å². The van der Waals surface area contributed by atoms with Gasteiger partial charge in [0.1, 0.15) is 4.90 Å². The van der Waals surface area contributed by atoms with Crippen LogP contribution < -0.4 is 5.32 Å². The van der Waals surface area contributed by atoms with Gasteiger partial charge < -0.3 is 10.1 Å². The summed E-state index contributed by atoms with van der Waals surface area (Å²) in [4.78, 5) is 12.1. The Morgan fingerprint density at radius 3 is 2.50 bits per heavy atom. The molecule has 1 saturated heterocycles. The second kappa shape index (κ2) is 7.39. The van der Waals surface area contributed by atoms with Gasteiger partial charge in [0.2, 0.25) is 15.9 Å². The molecule has 1 aromatic rings. The Kier molecular flexibility index (Phi) is 5.91. The Bertz CT molecular complexity index is 707. The molecule has 6 nitrogen and oxygen atoms in total. The zero-order chi connectivity index (χ0) is 18.0. The molecule has 24 heavy (non-hydrogen) atoms. The summed E-state index contributed by atoms with van der Waals surface area (Å²) < 4.78 is 32.0. The molecule has 8 heteroatoms. The predicted octanol–water partition coefficient (Wildman–Crippen LogP) is 2.74. The van der Waals surface area contributed by atoms with Gasteiger partial charge in [-0.15, -0.1) is 0 Å². The lowest BCUT2D eigenvalue weighted by molar-refractivity contribution is -0.117. The highest BCUT2D eigenvalue weighted by Crippen LogP contribution is 2.29. The average molecular weight is 375 g/mol. The predicted molar refractivity (Wildman–Crippen MR) is 93.7 cm³/mol. The number of nitrogens with one attached hydrogen (secondary N) is 1. The van der Waals surface area contributed by atoms with Crippen molar-refractivity contribution in [3.8, 4) is 0 Å². The fourth-order valence-electron chi connectivity index (χ4n) is 2.39. The Labute approximate surface area is 148 Å². The first-order valence-corrected chi connectivity index (χ1v) is 9.59. The molecule has 1 N–H and O–H groups in total. The van der Waals surface area contributed by atoms with Crippen molar-refractivity contribution in [2.24, 2.45) is 5.41 Å². The Hall–Kier alpha value is -1.15. The second-order valence-corrected chi connectivity index (χ2v) is 9.26. The van der Waals surface area contributed by atoms with Crippen molar-refractivity contribution < 1.29 is 17.9 Å². The molecule has 134 valence electrons. The molecule has 0 bridgehead atoms. The minimum atomic E-state index is -3.72. The first-order valence-electron chi connectivity index (χ1n) is 7.77. The molecular weight excluding hydrogens is 352 g/mol. The lowest BCUT2D eigenvalue weighted by Gasteiger charge is -2.26. The summed E-state index contributed by atoms with van der Waals surface area (Å²) in [7, 11) is -3.72. The first-order chi connectivity index (χ1) is 11.1. The second-order valence-electron chi connectivity index (χ2n) is 6.95. The molecule has 1 aliphatic rings. The third-order valence-electron chi connectivity index (χ3n) is 3.49. The maximum Gasteiger partial charge on any atom is 0.244 e. The smallest absolute Gasteiger partial charge is 0.244 e. The van der Waals surface area contributed by atoms with Gasteiger partial charge in [0, 0.05) is 25.2 Å². The summed E-state index contributed by atoms with van der Waals surface area (Å²) in [6.45, 7) is 7.19. The van der Waals surface area contributed by atoms with Crippen molar-refractivity contribution in [3.63, 3.8) is 0 Å². The Morgan fingerprint density at radius 1 is 1.29 bits per heavy atom. The number of morpholine rings is 1. The van der Waals surface area contributed by atoms with Crippen LogP contribution in [0.4, 0.5) is 5.69 Å². The lowest BCUT2D eigenvalue weighted by atomic mass is 9.92. The van der Waals surface area contributed by atoms with Gasteiger partial charge in [-0.2, -0.15) is 4.31 Å². The molecule has 0 unspecified atom stereocenters. The highest BCUT2D eigenvalue weighted by molar-refractivity contribution is 7.89. The van der Waals surface area contributed by atoms with Gasteiger partial charge in [0.25, 0.3) is 0 Å². The van der Waals surface area contributed by atoms with Crippen molar-refractivity contribution in [1.82, 2.24) is 4.31 Å². The minimum absolute atomic E-state index is 0.000347. The highest BCUT2D eigenvalue weighted by Gasteiger charge is 2.28. The number of rotatable bonds is 4. The van der Waals surface area contributed by atoms with E-state index in [1.807, 2.05) is 20.8 Å². The number of benzene rings is 1. The van der Waals surface area contributed by atoms with Crippen LogP contribution in [0.5, 0.6) is 0 Å². The van der Waals surface area contributed by atoms with Crippen LogP contribution in [0.25, 0.3) is 0 Å². The third kappa shape index (κ3) is 4.92. The number of carbonyl (C=O) groups excluding carboxylic acids is 1. The van der Waals surface area contributed by atoms with E-state index in [0.717, 1.165) is 0 Å². The summed E-state index contributed by atoms with van der Waals surface area (Å²) in [6.07, 6.45) is 0.334. The molecule has 0 atom stereocenters. The van der Waals surface area contributed by atoms with Crippen molar-refractivity contribution in [2.45, 2.75) is 32.1 Å². The fraction of sp³-hybridized carbons (Fsp3) is 0.562. The summed E-state index contributed by atoms with van der Waals surface area (Å²) in [6, 6.07) is 4.50. The number of sulfonamides is 1. The standard InChI is InChI=1S/C16H23ClN2O4S/c1-16(2,3)11-15(20)18-12-4-5-13(17)14(10-12)24(21,22)19-6-8-23-9-7-19/h4-5,10H,6-9,11H2,1-3H3,(H,18,20). The van der Waals surface area contributed by atoms with Crippen LogP contribution in [0.3, 0.4) is 0 Å². The van der Waals surface area contributed by atoms with E-state index in [0.29, 0.717) is 38.4 Å². The van der Waals surface area contributed by atoms with Crippen molar-refractivity contribution in [1.29, 1.82) is 0 Å². The van der Waals surface area contributed by atoms with Crippen LogP contribution >= 0.6 is 11.6 Å². The van der Waals surface area contributed by atoms with Gasteiger partial charge >= 0.3 is 0 Å². The minimum Gasteiger partial charge on any atom is -0.379 e. The lowest BCUT2D eigenvalue weighted by Crippen LogP contribution is -2.40. The highest BCUT2D eigenvalue weighted by atomic mass is 35.5. The van der Waals surface area contributed by atoms with Gasteiger partial charge in [-0.05, 0) is 23.6 Å². The summed E-state index contributed by atoms with van der Waals surface area (Å²) in [5.41, 5.74) is 0.264. The van der Waals surface area contributed by atoms with Gasteiger partial charge in [0.15, 0.2) is 0 Å². The number of anilines is 1. The molecule has 1 heterocycles. The Morgan fingerprint density at radius 2 is 1.92 bits per heavy atom. The molecule has 0 radical (unpaired) electrons. The SMILES string of the molecule is CC(C)(C)CC(=O)Nc1ccc(Cl)c(S(=O)(=O)N2CCOCC2)c1. The molecule has 1 aromatic carbocycles. The van der Waals surface area contributed by atoms with Gasteiger partial charge in [-0.3, -0.25) is 4.79 Å². The van der Waals surface area contributed by atoms with E-state index in [2.05, 4.69) is 5.32 Å². The van der Waals surface area contributed by atoms with Crippen LogP contribution in [0.1, 0.15) is 27.2 Å². The molecule has 2 rings (SSSR count). The molecule has 1 aliphatic heterocycles. The molecule has 0 aromatic heterocycles. The molecule has 0 saturated carbocycles. The van der Waals surface area contributed by atoms with Crippen molar-refractivity contribution >= 4 is 33.2 Å². The number of halogens is 1. The molecule has 0 aliphatic carbocycles. The van der Waals surface area contributed by atoms with Crippen molar-refractivity contribution in [2.75, 3.05) is 31.6 Å². The molecule has 0 spiro atoms. The van der Waals surface area contributed by atoms with Crippen LogP contribution in [0.15, 0.2) is 23.1 Å². The van der Waals surface area contributed by atoms with Crippen molar-refractivity contribution in [3.05, 3.63) is 23.2 Å². The molecule has 1 amide bonds. The average Bonchev–Trinajstić information content (AvgIpc) is 2.48.